The van der Waals surface area contributed by atoms with Crippen LogP contribution in [0.5, 0.6) is 0 Å². The maximum absolute atomic E-state index is 5.00. The number of hydrogen-bond donors (Lipinski definition) is 0. The van der Waals surface area contributed by atoms with Crippen LogP contribution in [0.25, 0.3) is 0 Å². The first-order valence-electron chi connectivity index (χ1n) is 2.12. The Morgan fingerprint density at radius 2 is 2.14 bits per heavy atom. The minimum absolute atomic E-state index is 0. The van der Waals surface area contributed by atoms with Gasteiger partial charge in [-0.2, -0.15) is 6.08 Å². The average Bonchev–Trinajstić information content (AvgIpc) is 1.61. The second-order valence-corrected chi connectivity index (χ2v) is 1.03. The molecule has 0 aromatic rings. The van der Waals surface area contributed by atoms with Gasteiger partial charge in [0.25, 0.3) is 0 Å². The summed E-state index contributed by atoms with van der Waals surface area (Å²) >= 11 is 0. The molecule has 0 bridgehead atoms. The van der Waals surface area contributed by atoms with Crippen molar-refractivity contribution in [2.45, 2.75) is 13.3 Å². The van der Waals surface area contributed by atoms with Crippen molar-refractivity contribution < 1.29 is 51.4 Å². The molecule has 0 saturated carbocycles. The van der Waals surface area contributed by atoms with Crippen LogP contribution < -0.4 is 51.4 Å². The molecule has 0 aliphatic rings. The Morgan fingerprint density at radius 3 is 2.29 bits per heavy atom. The summed E-state index contributed by atoms with van der Waals surface area (Å²) in [5, 5.41) is 0. The zero-order valence-corrected chi connectivity index (χ0v) is 8.14. The SMILES string of the molecule is [CH-]=CC=CCC.[K+]. The molecule has 0 aliphatic heterocycles. The Balaban J connectivity index is 0. The van der Waals surface area contributed by atoms with E-state index in [9.17, 15) is 0 Å². The van der Waals surface area contributed by atoms with Gasteiger partial charge in [0, 0.05) is 0 Å². The third kappa shape index (κ3) is 11.0. The quantitative estimate of drug-likeness (QED) is 0.248. The van der Waals surface area contributed by atoms with Crippen molar-refractivity contribution in [3.63, 3.8) is 0 Å². The molecule has 34 valence electrons. The molecule has 0 nitrogen and oxygen atoms in total. The Kier molecular flexibility index (Phi) is 16.0. The fraction of sp³-hybridized carbons (Fsp3) is 0.333. The molecule has 1 heteroatoms. The predicted molar refractivity (Wildman–Crippen MR) is 28.3 cm³/mol. The van der Waals surface area contributed by atoms with E-state index in [0.29, 0.717) is 0 Å². The Bertz CT molecular complexity index is 55.2. The summed E-state index contributed by atoms with van der Waals surface area (Å²) in [6.07, 6.45) is 6.43. The van der Waals surface area contributed by atoms with E-state index in [0.717, 1.165) is 6.42 Å². The van der Waals surface area contributed by atoms with Crippen LogP contribution >= 0.6 is 0 Å². The van der Waals surface area contributed by atoms with Gasteiger partial charge in [-0.25, -0.2) is 12.2 Å². The van der Waals surface area contributed by atoms with E-state index in [2.05, 4.69) is 6.92 Å². The van der Waals surface area contributed by atoms with Crippen LogP contribution in [0.4, 0.5) is 0 Å². The second-order valence-electron chi connectivity index (χ2n) is 1.03. The molecule has 0 fully saturated rings. The van der Waals surface area contributed by atoms with Gasteiger partial charge < -0.3 is 0 Å². The molecule has 0 aromatic heterocycles. The molecular formula is C6H9K. The van der Waals surface area contributed by atoms with E-state index in [1.807, 2.05) is 12.2 Å². The van der Waals surface area contributed by atoms with Crippen molar-refractivity contribution in [1.29, 1.82) is 0 Å². The maximum Gasteiger partial charge on any atom is 1.00 e. The molecule has 0 aliphatic carbocycles. The van der Waals surface area contributed by atoms with Crippen LogP contribution in [0.15, 0.2) is 18.2 Å². The van der Waals surface area contributed by atoms with Crippen LogP contribution in [0.2, 0.25) is 0 Å². The van der Waals surface area contributed by atoms with Gasteiger partial charge >= 0.3 is 51.4 Å². The minimum atomic E-state index is 0. The molecular weight excluding hydrogens is 111 g/mol. The van der Waals surface area contributed by atoms with E-state index >= 15 is 0 Å². The predicted octanol–water partition coefficient (Wildman–Crippen LogP) is -1.05. The van der Waals surface area contributed by atoms with Crippen molar-refractivity contribution >= 4 is 0 Å². The van der Waals surface area contributed by atoms with Gasteiger partial charge in [0.2, 0.25) is 0 Å². The van der Waals surface area contributed by atoms with Gasteiger partial charge in [0.1, 0.15) is 0 Å². The summed E-state index contributed by atoms with van der Waals surface area (Å²) in [7, 11) is 0. The summed E-state index contributed by atoms with van der Waals surface area (Å²) in [6.45, 7) is 7.07. The van der Waals surface area contributed by atoms with Crippen LogP contribution in [0.1, 0.15) is 13.3 Å². The van der Waals surface area contributed by atoms with Crippen molar-refractivity contribution in [2.24, 2.45) is 0 Å². The van der Waals surface area contributed by atoms with E-state index in [4.69, 9.17) is 6.58 Å². The fourth-order valence-electron chi connectivity index (χ4n) is 0.215. The summed E-state index contributed by atoms with van der Waals surface area (Å²) in [5.41, 5.74) is 0. The average molecular weight is 120 g/mol. The molecule has 0 unspecified atom stereocenters. The van der Waals surface area contributed by atoms with Crippen molar-refractivity contribution in [3.05, 3.63) is 24.8 Å². The Hall–Kier alpha value is 1.12. The van der Waals surface area contributed by atoms with Crippen molar-refractivity contribution in [3.8, 4) is 0 Å². The van der Waals surface area contributed by atoms with Crippen LogP contribution in [-0.4, -0.2) is 0 Å². The normalized spacial score (nSPS) is 8.14. The monoisotopic (exact) mass is 120 g/mol. The minimum Gasteiger partial charge on any atom is -0.293 e. The first kappa shape index (κ1) is 11.0. The van der Waals surface area contributed by atoms with Gasteiger partial charge in [-0.05, 0) is 0 Å². The molecule has 0 heterocycles. The first-order chi connectivity index (χ1) is 2.91. The van der Waals surface area contributed by atoms with E-state index < -0.39 is 0 Å². The largest absolute Gasteiger partial charge is 1.00 e. The third-order valence-electron chi connectivity index (χ3n) is 0.483. The smallest absolute Gasteiger partial charge is 0.293 e. The van der Waals surface area contributed by atoms with Crippen molar-refractivity contribution in [2.75, 3.05) is 0 Å². The van der Waals surface area contributed by atoms with Gasteiger partial charge in [-0.1, -0.05) is 13.3 Å². The fourth-order valence-corrected chi connectivity index (χ4v) is 0.215. The third-order valence-corrected chi connectivity index (χ3v) is 0.483. The zero-order chi connectivity index (χ0) is 4.83. The number of rotatable bonds is 2. The van der Waals surface area contributed by atoms with E-state index in [-0.39, 0.29) is 51.4 Å². The van der Waals surface area contributed by atoms with E-state index in [1.54, 1.807) is 0 Å². The molecule has 0 spiro atoms. The topological polar surface area (TPSA) is 0 Å². The summed E-state index contributed by atoms with van der Waals surface area (Å²) in [4.78, 5) is 0. The standard InChI is InChI=1S/C6H9.K/c1-3-5-6-4-2;/h1,3,5-6H,4H2,2H3;/q-1;+1. The number of hydrogen-bond acceptors (Lipinski definition) is 0. The Labute approximate surface area is 88.1 Å². The second kappa shape index (κ2) is 10.2. The molecule has 7 heavy (non-hydrogen) atoms. The first-order valence-corrected chi connectivity index (χ1v) is 2.12. The molecule has 0 N–H and O–H groups in total. The molecule has 0 radical (unpaired) electrons. The number of allylic oxidation sites excluding steroid dienone is 3. The van der Waals surface area contributed by atoms with Crippen molar-refractivity contribution in [1.82, 2.24) is 0 Å². The summed E-state index contributed by atoms with van der Waals surface area (Å²) < 4.78 is 0. The maximum atomic E-state index is 5.00. The molecule has 0 rings (SSSR count). The van der Waals surface area contributed by atoms with E-state index in [1.165, 1.54) is 6.08 Å². The van der Waals surface area contributed by atoms with Gasteiger partial charge in [0.05, 0.1) is 0 Å². The zero-order valence-electron chi connectivity index (χ0n) is 5.02. The van der Waals surface area contributed by atoms with Gasteiger partial charge in [-0.3, -0.25) is 6.58 Å². The van der Waals surface area contributed by atoms with Crippen LogP contribution in [0, 0.1) is 6.58 Å². The molecule has 0 saturated heterocycles. The van der Waals surface area contributed by atoms with Crippen LogP contribution in [0.3, 0.4) is 0 Å². The van der Waals surface area contributed by atoms with Crippen LogP contribution in [-0.2, 0) is 0 Å². The molecule has 0 aromatic carbocycles. The summed E-state index contributed by atoms with van der Waals surface area (Å²) in [6, 6.07) is 0. The Morgan fingerprint density at radius 1 is 1.57 bits per heavy atom. The molecule has 0 amide bonds. The van der Waals surface area contributed by atoms with Gasteiger partial charge in [0.15, 0.2) is 0 Å². The van der Waals surface area contributed by atoms with Gasteiger partial charge in [-0.15, -0.1) is 0 Å². The summed E-state index contributed by atoms with van der Waals surface area (Å²) in [5.74, 6) is 0. The molecule has 0 atom stereocenters.